The van der Waals surface area contributed by atoms with Crippen LogP contribution in [0.3, 0.4) is 0 Å². The van der Waals surface area contributed by atoms with Crippen LogP contribution in [0.15, 0.2) is 40.9 Å². The fourth-order valence-electron chi connectivity index (χ4n) is 1.85. The molecule has 0 atom stereocenters. The number of rotatable bonds is 5. The molecule has 2 aromatic rings. The number of anilines is 1. The number of carbonyl (C=O) groups excluding carboxylic acids is 1. The zero-order valence-electron chi connectivity index (χ0n) is 12.0. The molecule has 1 N–H and O–H groups in total. The fraction of sp³-hybridized carbons (Fsp3) is 0.133. The second-order valence-electron chi connectivity index (χ2n) is 4.46. The molecule has 120 valence electrons. The summed E-state index contributed by atoms with van der Waals surface area (Å²) in [6.07, 6.45) is 0. The van der Waals surface area contributed by atoms with Crippen LogP contribution in [0.1, 0.15) is 17.3 Å². The summed E-state index contributed by atoms with van der Waals surface area (Å²) < 4.78 is 19.2. The highest BCUT2D eigenvalue weighted by molar-refractivity contribution is 9.10. The summed E-state index contributed by atoms with van der Waals surface area (Å²) in [7, 11) is 0. The molecule has 0 bridgehead atoms. The maximum absolute atomic E-state index is 13.3. The van der Waals surface area contributed by atoms with Crippen molar-refractivity contribution >= 4 is 33.2 Å². The summed E-state index contributed by atoms with van der Waals surface area (Å²) in [4.78, 5) is 22.0. The third kappa shape index (κ3) is 4.04. The van der Waals surface area contributed by atoms with Gasteiger partial charge in [-0.3, -0.25) is 14.9 Å². The first-order valence-electron chi connectivity index (χ1n) is 6.60. The van der Waals surface area contributed by atoms with Crippen molar-refractivity contribution in [3.63, 3.8) is 0 Å². The third-order valence-electron chi connectivity index (χ3n) is 2.89. The Morgan fingerprint density at radius 3 is 2.70 bits per heavy atom. The maximum atomic E-state index is 13.3. The lowest BCUT2D eigenvalue weighted by atomic mass is 10.2. The van der Waals surface area contributed by atoms with Gasteiger partial charge in [0.15, 0.2) is 0 Å². The zero-order chi connectivity index (χ0) is 17.0. The Labute approximate surface area is 139 Å². The molecule has 2 rings (SSSR count). The molecule has 8 heteroatoms. The van der Waals surface area contributed by atoms with Gasteiger partial charge in [0.2, 0.25) is 5.82 Å². The van der Waals surface area contributed by atoms with Crippen LogP contribution in [0.2, 0.25) is 0 Å². The molecule has 2 aromatic carbocycles. The standard InChI is InChI=1S/C15H12BrFN2O4/c1-2-23-14-6-3-9(7-11(14)16)15(20)18-10-4-5-12(17)13(8-10)19(21)22/h3-8H,2H2,1H3,(H,18,20). The summed E-state index contributed by atoms with van der Waals surface area (Å²) in [6, 6.07) is 7.92. The normalized spacial score (nSPS) is 10.2. The van der Waals surface area contributed by atoms with Crippen molar-refractivity contribution in [2.24, 2.45) is 0 Å². The first-order chi connectivity index (χ1) is 10.9. The van der Waals surface area contributed by atoms with E-state index in [9.17, 15) is 19.3 Å². The second kappa shape index (κ2) is 7.19. The molecule has 23 heavy (non-hydrogen) atoms. The van der Waals surface area contributed by atoms with Gasteiger partial charge in [-0.15, -0.1) is 0 Å². The van der Waals surface area contributed by atoms with Crippen molar-refractivity contribution < 1.29 is 18.8 Å². The van der Waals surface area contributed by atoms with Crippen LogP contribution in [0, 0.1) is 15.9 Å². The molecule has 0 aromatic heterocycles. The topological polar surface area (TPSA) is 81.5 Å². The molecule has 0 aliphatic carbocycles. The second-order valence-corrected chi connectivity index (χ2v) is 5.31. The molecule has 0 aliphatic heterocycles. The van der Waals surface area contributed by atoms with E-state index < -0.39 is 22.3 Å². The predicted octanol–water partition coefficient (Wildman–Crippen LogP) is 4.15. The number of nitro benzene ring substituents is 1. The number of hydrogen-bond donors (Lipinski definition) is 1. The lowest BCUT2D eigenvalue weighted by Gasteiger charge is -2.09. The molecule has 0 radical (unpaired) electrons. The molecular weight excluding hydrogens is 371 g/mol. The molecule has 0 spiro atoms. The molecule has 6 nitrogen and oxygen atoms in total. The number of carbonyl (C=O) groups is 1. The largest absolute Gasteiger partial charge is 0.493 e. The Morgan fingerprint density at radius 2 is 2.09 bits per heavy atom. The average Bonchev–Trinajstić information content (AvgIpc) is 2.51. The Kier molecular flexibility index (Phi) is 5.28. The van der Waals surface area contributed by atoms with Crippen LogP contribution in [-0.2, 0) is 0 Å². The van der Waals surface area contributed by atoms with Gasteiger partial charge in [0, 0.05) is 17.3 Å². The number of nitro groups is 1. The first kappa shape index (κ1) is 16.9. The quantitative estimate of drug-likeness (QED) is 0.621. The van der Waals surface area contributed by atoms with Crippen LogP contribution in [-0.4, -0.2) is 17.4 Å². The molecule has 0 fully saturated rings. The van der Waals surface area contributed by atoms with Gasteiger partial charge in [-0.25, -0.2) is 0 Å². The van der Waals surface area contributed by atoms with Gasteiger partial charge in [-0.05, 0) is 53.2 Å². The minimum atomic E-state index is -0.961. The van der Waals surface area contributed by atoms with Gasteiger partial charge in [-0.2, -0.15) is 4.39 Å². The predicted molar refractivity (Wildman–Crippen MR) is 86.3 cm³/mol. The minimum absolute atomic E-state index is 0.133. The summed E-state index contributed by atoms with van der Waals surface area (Å²) in [5, 5.41) is 13.2. The van der Waals surface area contributed by atoms with Crippen molar-refractivity contribution in [1.29, 1.82) is 0 Å². The first-order valence-corrected chi connectivity index (χ1v) is 7.39. The van der Waals surface area contributed by atoms with Gasteiger partial charge in [0.1, 0.15) is 5.75 Å². The number of ether oxygens (including phenoxy) is 1. The van der Waals surface area contributed by atoms with Gasteiger partial charge in [-0.1, -0.05) is 0 Å². The van der Waals surface area contributed by atoms with Gasteiger partial charge >= 0.3 is 5.69 Å². The number of halogens is 2. The van der Waals surface area contributed by atoms with Gasteiger partial charge in [0.05, 0.1) is 16.0 Å². The van der Waals surface area contributed by atoms with Crippen LogP contribution in [0.5, 0.6) is 5.75 Å². The van der Waals surface area contributed by atoms with Crippen molar-refractivity contribution in [2.75, 3.05) is 11.9 Å². The van der Waals surface area contributed by atoms with Crippen LogP contribution >= 0.6 is 15.9 Å². The highest BCUT2D eigenvalue weighted by Gasteiger charge is 2.16. The van der Waals surface area contributed by atoms with E-state index in [1.54, 1.807) is 18.2 Å². The molecule has 0 aliphatic rings. The zero-order valence-corrected chi connectivity index (χ0v) is 13.6. The maximum Gasteiger partial charge on any atom is 0.306 e. The van der Waals surface area contributed by atoms with Crippen molar-refractivity contribution in [3.05, 3.63) is 62.4 Å². The van der Waals surface area contributed by atoms with Gasteiger partial charge < -0.3 is 10.1 Å². The van der Waals surface area contributed by atoms with Gasteiger partial charge in [0.25, 0.3) is 5.91 Å². The van der Waals surface area contributed by atoms with E-state index in [4.69, 9.17) is 4.74 Å². The molecule has 1 amide bonds. The van der Waals surface area contributed by atoms with E-state index >= 15 is 0 Å². The van der Waals surface area contributed by atoms with E-state index in [-0.39, 0.29) is 5.69 Å². The lowest BCUT2D eigenvalue weighted by Crippen LogP contribution is -2.12. The summed E-state index contributed by atoms with van der Waals surface area (Å²) in [6.45, 7) is 2.33. The van der Waals surface area contributed by atoms with E-state index in [1.165, 1.54) is 6.07 Å². The van der Waals surface area contributed by atoms with Crippen LogP contribution < -0.4 is 10.1 Å². The van der Waals surface area contributed by atoms with Crippen LogP contribution in [0.4, 0.5) is 15.8 Å². The SMILES string of the molecule is CCOc1ccc(C(=O)Nc2ccc(F)c([N+](=O)[O-])c2)cc1Br. The Bertz CT molecular complexity index is 767. The summed E-state index contributed by atoms with van der Waals surface area (Å²) in [5.74, 6) is -0.840. The van der Waals surface area contributed by atoms with E-state index in [1.807, 2.05) is 6.92 Å². The molecule has 0 saturated heterocycles. The van der Waals surface area contributed by atoms with E-state index in [2.05, 4.69) is 21.2 Å². The molecule has 0 heterocycles. The number of hydrogen-bond acceptors (Lipinski definition) is 4. The van der Waals surface area contributed by atoms with E-state index in [0.717, 1.165) is 12.1 Å². The third-order valence-corrected chi connectivity index (χ3v) is 3.51. The monoisotopic (exact) mass is 382 g/mol. The lowest BCUT2D eigenvalue weighted by molar-refractivity contribution is -0.387. The summed E-state index contributed by atoms with van der Waals surface area (Å²) in [5.41, 5.74) is -0.240. The van der Waals surface area contributed by atoms with Crippen LogP contribution in [0.25, 0.3) is 0 Å². The molecular formula is C15H12BrFN2O4. The van der Waals surface area contributed by atoms with Crippen molar-refractivity contribution in [2.45, 2.75) is 6.92 Å². The number of nitrogens with one attached hydrogen (secondary N) is 1. The highest BCUT2D eigenvalue weighted by Crippen LogP contribution is 2.27. The number of amides is 1. The van der Waals surface area contributed by atoms with Crippen molar-refractivity contribution in [1.82, 2.24) is 0 Å². The minimum Gasteiger partial charge on any atom is -0.493 e. The smallest absolute Gasteiger partial charge is 0.306 e. The molecule has 0 unspecified atom stereocenters. The molecule has 0 saturated carbocycles. The average molecular weight is 383 g/mol. The van der Waals surface area contributed by atoms with Crippen molar-refractivity contribution in [3.8, 4) is 5.75 Å². The summed E-state index contributed by atoms with van der Waals surface area (Å²) >= 11 is 3.30. The van der Waals surface area contributed by atoms with E-state index in [0.29, 0.717) is 22.4 Å². The Hall–Kier alpha value is -2.48. The highest BCUT2D eigenvalue weighted by atomic mass is 79.9. The number of nitrogens with zero attached hydrogens (tertiary/aromatic N) is 1. The fourth-order valence-corrected chi connectivity index (χ4v) is 2.34. The number of benzene rings is 2. The Balaban J connectivity index is 2.21. The Morgan fingerprint density at radius 1 is 1.35 bits per heavy atom.